The number of anilines is 1. The third-order valence-corrected chi connectivity index (χ3v) is 6.54. The second-order valence-electron chi connectivity index (χ2n) is 7.02. The first kappa shape index (κ1) is 15.4. The highest BCUT2D eigenvalue weighted by atomic mass is 32.1. The molecule has 1 aromatic rings. The van der Waals surface area contributed by atoms with Crippen molar-refractivity contribution in [1.82, 2.24) is 15.2 Å². The Hall–Kier alpha value is -1.14. The molecule has 0 bridgehead atoms. The van der Waals surface area contributed by atoms with E-state index in [9.17, 15) is 4.79 Å². The van der Waals surface area contributed by atoms with E-state index >= 15 is 0 Å². The zero-order chi connectivity index (χ0) is 15.6. The van der Waals surface area contributed by atoms with E-state index in [0.717, 1.165) is 57.2 Å². The molecule has 0 spiro atoms. The Labute approximate surface area is 142 Å². The number of aromatic nitrogens is 1. The molecule has 2 aliphatic heterocycles. The van der Waals surface area contributed by atoms with Crippen molar-refractivity contribution in [2.24, 2.45) is 5.92 Å². The van der Waals surface area contributed by atoms with E-state index < -0.39 is 0 Å². The number of rotatable bonds is 3. The fourth-order valence-corrected chi connectivity index (χ4v) is 5.15. The van der Waals surface area contributed by atoms with Crippen LogP contribution in [-0.2, 0) is 17.8 Å². The summed E-state index contributed by atoms with van der Waals surface area (Å²) in [5, 5.41) is 4.54. The lowest BCUT2D eigenvalue weighted by Crippen LogP contribution is -2.43. The number of thiazole rings is 1. The molecule has 126 valence electrons. The lowest BCUT2D eigenvalue weighted by Gasteiger charge is -2.27. The van der Waals surface area contributed by atoms with Gasteiger partial charge < -0.3 is 15.1 Å². The number of hydrogen-bond acceptors (Lipinski definition) is 5. The maximum absolute atomic E-state index is 12.6. The lowest BCUT2D eigenvalue weighted by atomic mass is 10.0. The van der Waals surface area contributed by atoms with Gasteiger partial charge in [0.2, 0.25) is 5.91 Å². The van der Waals surface area contributed by atoms with Gasteiger partial charge in [0.15, 0.2) is 5.13 Å². The molecule has 4 rings (SSSR count). The molecule has 1 N–H and O–H groups in total. The van der Waals surface area contributed by atoms with Crippen molar-refractivity contribution in [1.29, 1.82) is 0 Å². The van der Waals surface area contributed by atoms with E-state index in [4.69, 9.17) is 4.98 Å². The normalized spacial score (nSPS) is 22.4. The van der Waals surface area contributed by atoms with Gasteiger partial charge in [-0.25, -0.2) is 4.98 Å². The number of nitrogens with one attached hydrogen (secondary N) is 1. The van der Waals surface area contributed by atoms with Crippen LogP contribution in [0.2, 0.25) is 0 Å². The minimum Gasteiger partial charge on any atom is -0.346 e. The SMILES string of the molecule is O=C(CC1CCCC1)N1CCc2nc(N3CCNCC3)sc2C1. The van der Waals surface area contributed by atoms with Gasteiger partial charge in [-0.1, -0.05) is 24.2 Å². The van der Waals surface area contributed by atoms with Crippen LogP contribution in [0.25, 0.3) is 0 Å². The monoisotopic (exact) mass is 334 g/mol. The molecule has 0 aromatic carbocycles. The number of piperazine rings is 1. The van der Waals surface area contributed by atoms with Crippen LogP contribution in [0, 0.1) is 5.92 Å². The van der Waals surface area contributed by atoms with Crippen molar-refractivity contribution >= 4 is 22.4 Å². The maximum atomic E-state index is 12.6. The van der Waals surface area contributed by atoms with Gasteiger partial charge >= 0.3 is 0 Å². The molecule has 6 heteroatoms. The van der Waals surface area contributed by atoms with E-state index in [1.165, 1.54) is 36.3 Å². The second-order valence-corrected chi connectivity index (χ2v) is 8.09. The van der Waals surface area contributed by atoms with Crippen LogP contribution in [0.3, 0.4) is 0 Å². The van der Waals surface area contributed by atoms with Crippen molar-refractivity contribution < 1.29 is 4.79 Å². The summed E-state index contributed by atoms with van der Waals surface area (Å²) in [6, 6.07) is 0. The molecule has 1 aromatic heterocycles. The molecular formula is C17H26N4OS. The summed E-state index contributed by atoms with van der Waals surface area (Å²) >= 11 is 1.80. The van der Waals surface area contributed by atoms with Crippen LogP contribution >= 0.6 is 11.3 Å². The fraction of sp³-hybridized carbons (Fsp3) is 0.765. The van der Waals surface area contributed by atoms with Gasteiger partial charge in [0.05, 0.1) is 12.2 Å². The van der Waals surface area contributed by atoms with Gasteiger partial charge in [-0.3, -0.25) is 4.79 Å². The van der Waals surface area contributed by atoms with E-state index in [1.54, 1.807) is 11.3 Å². The number of nitrogens with zero attached hydrogens (tertiary/aromatic N) is 3. The highest BCUT2D eigenvalue weighted by Crippen LogP contribution is 2.32. The molecule has 2 fully saturated rings. The number of fused-ring (bicyclic) bond motifs is 1. The summed E-state index contributed by atoms with van der Waals surface area (Å²) in [5.41, 5.74) is 1.23. The minimum absolute atomic E-state index is 0.361. The smallest absolute Gasteiger partial charge is 0.223 e. The summed E-state index contributed by atoms with van der Waals surface area (Å²) in [6.45, 7) is 5.79. The predicted molar refractivity (Wildman–Crippen MR) is 92.9 cm³/mol. The van der Waals surface area contributed by atoms with Crippen LogP contribution < -0.4 is 10.2 Å². The number of carbonyl (C=O) groups excluding carboxylic acids is 1. The van der Waals surface area contributed by atoms with Crippen LogP contribution in [0.4, 0.5) is 5.13 Å². The van der Waals surface area contributed by atoms with Crippen molar-refractivity contribution in [3.63, 3.8) is 0 Å². The average molecular weight is 334 g/mol. The van der Waals surface area contributed by atoms with E-state index in [1.807, 2.05) is 0 Å². The molecule has 0 radical (unpaired) electrons. The van der Waals surface area contributed by atoms with Crippen LogP contribution in [-0.4, -0.2) is 48.5 Å². The topological polar surface area (TPSA) is 48.5 Å². The van der Waals surface area contributed by atoms with Gasteiger partial charge in [0, 0.05) is 50.4 Å². The van der Waals surface area contributed by atoms with Gasteiger partial charge in [-0.2, -0.15) is 0 Å². The molecule has 1 saturated heterocycles. The Balaban J connectivity index is 1.40. The Morgan fingerprint density at radius 3 is 2.78 bits per heavy atom. The first-order valence-corrected chi connectivity index (χ1v) is 9.83. The third kappa shape index (κ3) is 3.38. The minimum atomic E-state index is 0.361. The first-order valence-electron chi connectivity index (χ1n) is 9.01. The molecule has 23 heavy (non-hydrogen) atoms. The van der Waals surface area contributed by atoms with Crippen LogP contribution in [0.15, 0.2) is 0 Å². The second kappa shape index (κ2) is 6.77. The number of hydrogen-bond donors (Lipinski definition) is 1. The largest absolute Gasteiger partial charge is 0.346 e. The van der Waals surface area contributed by atoms with Crippen molar-refractivity contribution in [2.45, 2.75) is 45.1 Å². The zero-order valence-corrected chi connectivity index (χ0v) is 14.5. The predicted octanol–water partition coefficient (Wildman–Crippen LogP) is 2.02. The van der Waals surface area contributed by atoms with Gasteiger partial charge in [0.25, 0.3) is 0 Å². The highest BCUT2D eigenvalue weighted by molar-refractivity contribution is 7.15. The van der Waals surface area contributed by atoms with Gasteiger partial charge in [-0.15, -0.1) is 0 Å². The molecule has 3 heterocycles. The zero-order valence-electron chi connectivity index (χ0n) is 13.7. The van der Waals surface area contributed by atoms with E-state index in [2.05, 4.69) is 15.1 Å². The van der Waals surface area contributed by atoms with Crippen molar-refractivity contribution in [3.05, 3.63) is 10.6 Å². The Morgan fingerprint density at radius 2 is 2.00 bits per heavy atom. The molecule has 0 unspecified atom stereocenters. The average Bonchev–Trinajstić information content (AvgIpc) is 3.24. The number of amides is 1. The lowest BCUT2D eigenvalue weighted by molar-refractivity contribution is -0.133. The van der Waals surface area contributed by atoms with Crippen LogP contribution in [0.5, 0.6) is 0 Å². The summed E-state index contributed by atoms with van der Waals surface area (Å²) in [5.74, 6) is 1.00. The Morgan fingerprint density at radius 1 is 1.22 bits per heavy atom. The number of carbonyl (C=O) groups is 1. The van der Waals surface area contributed by atoms with Crippen molar-refractivity contribution in [3.8, 4) is 0 Å². The Bertz CT molecular complexity index is 561. The summed E-state index contributed by atoms with van der Waals surface area (Å²) in [4.78, 5) is 23.2. The third-order valence-electron chi connectivity index (χ3n) is 5.40. The van der Waals surface area contributed by atoms with Crippen LogP contribution in [0.1, 0.15) is 42.7 Å². The molecule has 5 nitrogen and oxygen atoms in total. The van der Waals surface area contributed by atoms with E-state index in [0.29, 0.717) is 11.8 Å². The van der Waals surface area contributed by atoms with Gasteiger partial charge in [0.1, 0.15) is 0 Å². The molecule has 3 aliphatic rings. The summed E-state index contributed by atoms with van der Waals surface area (Å²) in [6.07, 6.45) is 6.81. The van der Waals surface area contributed by atoms with Gasteiger partial charge in [-0.05, 0) is 18.8 Å². The molecule has 1 amide bonds. The fourth-order valence-electron chi connectivity index (χ4n) is 3.98. The Kier molecular flexibility index (Phi) is 4.53. The molecular weight excluding hydrogens is 308 g/mol. The molecule has 1 aliphatic carbocycles. The quantitative estimate of drug-likeness (QED) is 0.919. The highest BCUT2D eigenvalue weighted by Gasteiger charge is 2.28. The first-order chi connectivity index (χ1) is 11.3. The summed E-state index contributed by atoms with van der Waals surface area (Å²) in [7, 11) is 0. The van der Waals surface area contributed by atoms with E-state index in [-0.39, 0.29) is 0 Å². The summed E-state index contributed by atoms with van der Waals surface area (Å²) < 4.78 is 0. The van der Waals surface area contributed by atoms with Crippen molar-refractivity contribution in [2.75, 3.05) is 37.6 Å². The molecule has 1 saturated carbocycles. The standard InChI is InChI=1S/C17H26N4OS/c22-16(11-13-3-1-2-4-13)21-8-5-14-15(12-21)23-17(19-14)20-9-6-18-7-10-20/h13,18H,1-12H2. The maximum Gasteiger partial charge on any atom is 0.223 e. The molecule has 0 atom stereocenters.